The summed E-state index contributed by atoms with van der Waals surface area (Å²) in [4.78, 5) is 0. The van der Waals surface area contributed by atoms with Gasteiger partial charge in [0.05, 0.1) is 25.3 Å². The molecule has 3 aromatic carbocycles. The normalized spacial score (nSPS) is 12.7. The molecule has 5 heteroatoms. The second kappa shape index (κ2) is 11.5. The fraction of sp³-hybridized carbons (Fsp3) is 0.321. The largest absolute Gasteiger partial charge is 0.411 e. The van der Waals surface area contributed by atoms with E-state index in [1.807, 2.05) is 78.9 Å². The number of hydrogen-bond donors (Lipinski definition) is 2. The van der Waals surface area contributed by atoms with Gasteiger partial charge in [-0.15, -0.1) is 0 Å². The van der Waals surface area contributed by atoms with Crippen molar-refractivity contribution in [3.8, 4) is 0 Å². The third-order valence-corrected chi connectivity index (χ3v) is 7.14. The molecule has 0 atom stereocenters. The number of nitrogens with zero attached hydrogens (tertiary/aromatic N) is 2. The molecule has 0 aliphatic heterocycles. The predicted molar refractivity (Wildman–Crippen MR) is 136 cm³/mol. The van der Waals surface area contributed by atoms with Gasteiger partial charge in [-0.3, -0.25) is 0 Å². The zero-order valence-corrected chi connectivity index (χ0v) is 20.2. The van der Waals surface area contributed by atoms with Crippen LogP contribution >= 0.6 is 11.6 Å². The molecule has 0 aliphatic rings. The van der Waals surface area contributed by atoms with E-state index in [4.69, 9.17) is 11.6 Å². The van der Waals surface area contributed by atoms with Gasteiger partial charge in [0.25, 0.3) is 0 Å². The van der Waals surface area contributed by atoms with E-state index in [2.05, 4.69) is 25.1 Å². The highest BCUT2D eigenvalue weighted by molar-refractivity contribution is 6.31. The van der Waals surface area contributed by atoms with Crippen molar-refractivity contribution in [3.05, 3.63) is 107 Å². The van der Waals surface area contributed by atoms with Crippen LogP contribution in [0.4, 0.5) is 0 Å². The quantitative estimate of drug-likeness (QED) is 0.152. The molecule has 0 bridgehead atoms. The summed E-state index contributed by atoms with van der Waals surface area (Å²) in [6, 6.07) is 26.9. The number of benzene rings is 3. The summed E-state index contributed by atoms with van der Waals surface area (Å²) in [5, 5.41) is 26.3. The maximum Gasteiger partial charge on any atom is 0.156 e. The average Bonchev–Trinajstić information content (AvgIpc) is 2.88. The van der Waals surface area contributed by atoms with Gasteiger partial charge in [-0.25, -0.2) is 0 Å². The van der Waals surface area contributed by atoms with Crippen LogP contribution in [-0.4, -0.2) is 40.1 Å². The van der Waals surface area contributed by atoms with E-state index < -0.39 is 5.60 Å². The first-order valence-electron chi connectivity index (χ1n) is 11.6. The van der Waals surface area contributed by atoms with Crippen molar-refractivity contribution in [3.63, 3.8) is 0 Å². The molecule has 0 aliphatic carbocycles. The standard InChI is InChI=1S/C28H33ClN2O2/c1-3-31(4-2,22-23-14-11-12-19-26(23)29)21-13-20-27(30-33)28(32,24-15-7-5-8-16-24)25-17-9-6-10-18-25/h5-12,14-19,32H,3-4,13,20-22H2,1-2H3/p+1/b30-27+. The van der Waals surface area contributed by atoms with Crippen LogP contribution in [0.5, 0.6) is 0 Å². The summed E-state index contributed by atoms with van der Waals surface area (Å²) in [5.74, 6) is 0. The Bertz CT molecular complexity index is 995. The molecule has 0 radical (unpaired) electrons. The molecule has 174 valence electrons. The van der Waals surface area contributed by atoms with E-state index in [-0.39, 0.29) is 0 Å². The van der Waals surface area contributed by atoms with Crippen molar-refractivity contribution in [2.45, 2.75) is 38.8 Å². The van der Waals surface area contributed by atoms with E-state index >= 15 is 0 Å². The monoisotopic (exact) mass is 465 g/mol. The van der Waals surface area contributed by atoms with Gasteiger partial charge < -0.3 is 14.8 Å². The Morgan fingerprint density at radius 2 is 1.36 bits per heavy atom. The molecular formula is C28H34ClN2O2+. The van der Waals surface area contributed by atoms with Gasteiger partial charge in [-0.1, -0.05) is 95.6 Å². The van der Waals surface area contributed by atoms with Gasteiger partial charge in [0.1, 0.15) is 6.54 Å². The molecule has 0 aromatic heterocycles. The first-order chi connectivity index (χ1) is 16.0. The molecule has 0 unspecified atom stereocenters. The Hall–Kier alpha value is -2.66. The van der Waals surface area contributed by atoms with E-state index in [1.54, 1.807) is 0 Å². The molecule has 0 heterocycles. The van der Waals surface area contributed by atoms with Gasteiger partial charge in [0, 0.05) is 17.0 Å². The second-order valence-corrected chi connectivity index (χ2v) is 8.95. The minimum Gasteiger partial charge on any atom is -0.411 e. The Balaban J connectivity index is 1.83. The van der Waals surface area contributed by atoms with Crippen molar-refractivity contribution in [1.29, 1.82) is 0 Å². The Kier molecular flexibility index (Phi) is 8.67. The first-order valence-corrected chi connectivity index (χ1v) is 12.0. The molecular weight excluding hydrogens is 432 g/mol. The Morgan fingerprint density at radius 3 is 1.85 bits per heavy atom. The zero-order valence-electron chi connectivity index (χ0n) is 19.5. The first kappa shape index (κ1) is 25.0. The molecule has 2 N–H and O–H groups in total. The van der Waals surface area contributed by atoms with Gasteiger partial charge in [-0.05, 0) is 37.5 Å². The van der Waals surface area contributed by atoms with Crippen molar-refractivity contribution in [2.24, 2.45) is 5.16 Å². The average molecular weight is 466 g/mol. The number of halogens is 1. The van der Waals surface area contributed by atoms with Crippen molar-refractivity contribution >= 4 is 17.3 Å². The summed E-state index contributed by atoms with van der Waals surface area (Å²) in [6.07, 6.45) is 1.24. The smallest absolute Gasteiger partial charge is 0.156 e. The van der Waals surface area contributed by atoms with Crippen LogP contribution < -0.4 is 0 Å². The van der Waals surface area contributed by atoms with E-state index in [0.29, 0.717) is 23.3 Å². The third-order valence-electron chi connectivity index (χ3n) is 6.77. The molecule has 0 saturated heterocycles. The van der Waals surface area contributed by atoms with Crippen LogP contribution in [0, 0.1) is 0 Å². The Labute approximate surface area is 202 Å². The molecule has 0 spiro atoms. The van der Waals surface area contributed by atoms with Crippen LogP contribution in [0.1, 0.15) is 43.4 Å². The van der Waals surface area contributed by atoms with Crippen LogP contribution in [0.2, 0.25) is 5.02 Å². The number of aliphatic hydroxyl groups is 1. The summed E-state index contributed by atoms with van der Waals surface area (Å²) in [5.41, 5.74) is 1.37. The number of quaternary nitrogens is 1. The van der Waals surface area contributed by atoms with Gasteiger partial charge in [-0.2, -0.15) is 0 Å². The predicted octanol–water partition coefficient (Wildman–Crippen LogP) is 6.24. The van der Waals surface area contributed by atoms with Crippen molar-refractivity contribution in [2.75, 3.05) is 19.6 Å². The van der Waals surface area contributed by atoms with E-state index in [0.717, 1.165) is 47.7 Å². The zero-order chi connectivity index (χ0) is 23.7. The summed E-state index contributed by atoms with van der Waals surface area (Å²) in [7, 11) is 0. The second-order valence-electron chi connectivity index (χ2n) is 8.54. The lowest BCUT2D eigenvalue weighted by atomic mass is 9.80. The number of hydrogen-bond acceptors (Lipinski definition) is 3. The maximum absolute atomic E-state index is 11.9. The number of rotatable bonds is 11. The van der Waals surface area contributed by atoms with Gasteiger partial charge in [0.15, 0.2) is 5.60 Å². The fourth-order valence-electron chi connectivity index (χ4n) is 4.57. The summed E-state index contributed by atoms with van der Waals surface area (Å²) < 4.78 is 0.873. The van der Waals surface area contributed by atoms with E-state index in [1.165, 1.54) is 0 Å². The molecule has 33 heavy (non-hydrogen) atoms. The molecule has 4 nitrogen and oxygen atoms in total. The lowest BCUT2D eigenvalue weighted by molar-refractivity contribution is -0.937. The SMILES string of the molecule is CC[N+](CC)(CCC/C(=N\O)C(O)(c1ccccc1)c1ccccc1)Cc1ccccc1Cl. The van der Waals surface area contributed by atoms with Crippen LogP contribution in [0.3, 0.4) is 0 Å². The highest BCUT2D eigenvalue weighted by Gasteiger charge is 2.38. The molecule has 0 amide bonds. The highest BCUT2D eigenvalue weighted by Crippen LogP contribution is 2.33. The lowest BCUT2D eigenvalue weighted by Gasteiger charge is -2.38. The minimum absolute atomic E-state index is 0.350. The number of oxime groups is 1. The molecule has 0 saturated carbocycles. The fourth-order valence-corrected chi connectivity index (χ4v) is 4.77. The molecule has 3 aromatic rings. The van der Waals surface area contributed by atoms with E-state index in [9.17, 15) is 10.3 Å². The Morgan fingerprint density at radius 1 is 0.848 bits per heavy atom. The summed E-state index contributed by atoms with van der Waals surface area (Å²) >= 11 is 6.45. The summed E-state index contributed by atoms with van der Waals surface area (Å²) in [6.45, 7) is 8.07. The topological polar surface area (TPSA) is 52.8 Å². The van der Waals surface area contributed by atoms with Crippen LogP contribution in [-0.2, 0) is 12.1 Å². The van der Waals surface area contributed by atoms with Crippen molar-refractivity contribution < 1.29 is 14.8 Å². The molecule has 3 rings (SSSR count). The lowest BCUT2D eigenvalue weighted by Crippen LogP contribution is -2.48. The van der Waals surface area contributed by atoms with Gasteiger partial charge >= 0.3 is 0 Å². The van der Waals surface area contributed by atoms with Crippen LogP contribution in [0.25, 0.3) is 0 Å². The van der Waals surface area contributed by atoms with Crippen LogP contribution in [0.15, 0.2) is 90.1 Å². The van der Waals surface area contributed by atoms with Crippen molar-refractivity contribution in [1.82, 2.24) is 0 Å². The van der Waals surface area contributed by atoms with Gasteiger partial charge in [0.2, 0.25) is 0 Å². The molecule has 0 fully saturated rings. The highest BCUT2D eigenvalue weighted by atomic mass is 35.5. The third kappa shape index (κ3) is 5.64. The maximum atomic E-state index is 11.9. The minimum atomic E-state index is -1.49.